The number of benzene rings is 1. The second kappa shape index (κ2) is 2.54. The molecule has 0 atom stereocenters. The largest absolute Gasteiger partial charge is 0.216 e. The van der Waals surface area contributed by atoms with Crippen LogP contribution in [0.2, 0.25) is 0 Å². The minimum absolute atomic E-state index is 1.14. The molecule has 0 saturated heterocycles. The zero-order valence-corrected chi connectivity index (χ0v) is 6.40. The molecule has 1 nitrogen and oxygen atoms in total. The van der Waals surface area contributed by atoms with Gasteiger partial charge in [0, 0.05) is 5.75 Å². The van der Waals surface area contributed by atoms with Gasteiger partial charge in [-0.15, -0.1) is 0 Å². The maximum Gasteiger partial charge on any atom is 0.0745 e. The molecule has 1 aromatic carbocycles. The van der Waals surface area contributed by atoms with Gasteiger partial charge >= 0.3 is 0 Å². The van der Waals surface area contributed by atoms with Gasteiger partial charge in [-0.3, -0.25) is 0 Å². The van der Waals surface area contributed by atoms with E-state index in [9.17, 15) is 0 Å². The van der Waals surface area contributed by atoms with Gasteiger partial charge in [0.2, 0.25) is 0 Å². The molecule has 0 amide bonds. The van der Waals surface area contributed by atoms with E-state index in [0.717, 1.165) is 5.75 Å². The maximum absolute atomic E-state index is 4.31. The second-order valence-corrected chi connectivity index (χ2v) is 3.15. The van der Waals surface area contributed by atoms with Crippen LogP contribution in [0.4, 0.5) is 5.69 Å². The summed E-state index contributed by atoms with van der Waals surface area (Å²) >= 11 is 1.66. The van der Waals surface area contributed by atoms with Crippen molar-refractivity contribution in [2.75, 3.05) is 5.75 Å². The quantitative estimate of drug-likeness (QED) is 0.517. The van der Waals surface area contributed by atoms with Gasteiger partial charge in [0.15, 0.2) is 0 Å². The molecule has 10 heavy (non-hydrogen) atoms. The molecule has 0 aliphatic carbocycles. The third-order valence-electron chi connectivity index (χ3n) is 1.62. The van der Waals surface area contributed by atoms with Gasteiger partial charge in [-0.05, 0) is 30.0 Å². The Hall–Kier alpha value is -0.630. The molecule has 2 rings (SSSR count). The van der Waals surface area contributed by atoms with Gasteiger partial charge in [-0.1, -0.05) is 18.2 Å². The number of hydrogen-bond acceptors (Lipinski definition) is 1. The monoisotopic (exact) mass is 150 g/mol. The van der Waals surface area contributed by atoms with Crippen LogP contribution in [0.3, 0.4) is 0 Å². The third kappa shape index (κ3) is 0.991. The van der Waals surface area contributed by atoms with E-state index in [1.54, 1.807) is 11.9 Å². The van der Waals surface area contributed by atoms with Gasteiger partial charge in [-0.2, -0.15) is 0 Å². The molecular weight excluding hydrogens is 142 g/mol. The van der Waals surface area contributed by atoms with Crippen LogP contribution >= 0.6 is 11.9 Å². The van der Waals surface area contributed by atoms with E-state index in [4.69, 9.17) is 0 Å². The van der Waals surface area contributed by atoms with Crippen molar-refractivity contribution in [3.63, 3.8) is 0 Å². The summed E-state index contributed by atoms with van der Waals surface area (Å²) in [6, 6.07) is 8.33. The molecule has 2 heteroatoms. The lowest BCUT2D eigenvalue weighted by atomic mass is 10.1. The predicted octanol–water partition coefficient (Wildman–Crippen LogP) is 2.13. The van der Waals surface area contributed by atoms with Gasteiger partial charge in [0.05, 0.1) is 5.69 Å². The van der Waals surface area contributed by atoms with E-state index >= 15 is 0 Å². The molecule has 0 N–H and O–H groups in total. The maximum atomic E-state index is 4.31. The van der Waals surface area contributed by atoms with Gasteiger partial charge < -0.3 is 0 Å². The van der Waals surface area contributed by atoms with E-state index in [2.05, 4.69) is 22.9 Å². The van der Waals surface area contributed by atoms with Crippen LogP contribution in [0.15, 0.2) is 24.3 Å². The van der Waals surface area contributed by atoms with Crippen molar-refractivity contribution in [1.29, 1.82) is 0 Å². The normalized spacial score (nSPS) is 15.6. The Morgan fingerprint density at radius 1 is 1.30 bits per heavy atom. The Balaban J connectivity index is 2.41. The number of hydrogen-bond donors (Lipinski definition) is 0. The van der Waals surface area contributed by atoms with E-state index in [-0.39, 0.29) is 0 Å². The average molecular weight is 150 g/mol. The highest BCUT2D eigenvalue weighted by Crippen LogP contribution is 2.25. The van der Waals surface area contributed by atoms with E-state index < -0.39 is 0 Å². The average Bonchev–Trinajstić information content (AvgIpc) is 2.05. The van der Waals surface area contributed by atoms with Crippen molar-refractivity contribution in [3.8, 4) is 0 Å². The molecule has 0 saturated carbocycles. The molecule has 0 unspecified atom stereocenters. The summed E-state index contributed by atoms with van der Waals surface area (Å²) in [5.41, 5.74) is 2.56. The molecule has 51 valence electrons. The number of fused-ring (bicyclic) bond motifs is 1. The zero-order valence-electron chi connectivity index (χ0n) is 5.58. The number of rotatable bonds is 0. The summed E-state index contributed by atoms with van der Waals surface area (Å²) < 4.78 is 4.31. The van der Waals surface area contributed by atoms with E-state index in [1.165, 1.54) is 17.7 Å². The summed E-state index contributed by atoms with van der Waals surface area (Å²) in [7, 11) is 0. The number of nitrogens with zero attached hydrogens (tertiary/aromatic N) is 1. The molecule has 1 radical (unpaired) electrons. The molecular formula is C8H8NS. The van der Waals surface area contributed by atoms with E-state index in [1.807, 2.05) is 6.07 Å². The fourth-order valence-electron chi connectivity index (χ4n) is 1.08. The fraction of sp³-hybridized carbons (Fsp3) is 0.250. The third-order valence-corrected chi connectivity index (χ3v) is 2.33. The van der Waals surface area contributed by atoms with Gasteiger partial charge in [0.1, 0.15) is 0 Å². The van der Waals surface area contributed by atoms with Crippen LogP contribution in [0.1, 0.15) is 5.56 Å². The molecule has 1 heterocycles. The smallest absolute Gasteiger partial charge is 0.0745 e. The first-order valence-corrected chi connectivity index (χ1v) is 4.32. The lowest BCUT2D eigenvalue weighted by molar-refractivity contribution is 1.09. The second-order valence-electron chi connectivity index (χ2n) is 2.30. The Labute approximate surface area is 65.0 Å². The van der Waals surface area contributed by atoms with Crippen LogP contribution in [0.25, 0.3) is 0 Å². The summed E-state index contributed by atoms with van der Waals surface area (Å²) in [5.74, 6) is 1.14. The Morgan fingerprint density at radius 3 is 3.10 bits per heavy atom. The lowest BCUT2D eigenvalue weighted by Crippen LogP contribution is -2.02. The molecule has 1 aliphatic rings. The predicted molar refractivity (Wildman–Crippen MR) is 44.4 cm³/mol. The Morgan fingerprint density at radius 2 is 2.20 bits per heavy atom. The van der Waals surface area contributed by atoms with Gasteiger partial charge in [-0.25, -0.2) is 4.72 Å². The van der Waals surface area contributed by atoms with Crippen molar-refractivity contribution in [2.45, 2.75) is 6.42 Å². The first-order chi connectivity index (χ1) is 4.97. The summed E-state index contributed by atoms with van der Waals surface area (Å²) in [5, 5.41) is 0. The van der Waals surface area contributed by atoms with Crippen molar-refractivity contribution >= 4 is 17.6 Å². The first-order valence-electron chi connectivity index (χ1n) is 3.38. The SMILES string of the molecule is c1ccc2c(c1)CCS[N]2. The minimum atomic E-state index is 1.14. The molecule has 1 aliphatic heterocycles. The van der Waals surface area contributed by atoms with Crippen LogP contribution in [0, 0.1) is 0 Å². The molecule has 0 aromatic heterocycles. The highest BCUT2D eigenvalue weighted by molar-refractivity contribution is 7.97. The van der Waals surface area contributed by atoms with Crippen molar-refractivity contribution in [1.82, 2.24) is 4.72 Å². The van der Waals surface area contributed by atoms with Crippen LogP contribution in [0.5, 0.6) is 0 Å². The minimum Gasteiger partial charge on any atom is -0.216 e. The molecule has 0 bridgehead atoms. The van der Waals surface area contributed by atoms with Crippen LogP contribution < -0.4 is 4.72 Å². The standard InChI is InChI=1S/C8H8NS/c1-2-4-8-7(3-1)5-6-10-9-8/h1-4H,5-6H2. The Kier molecular flexibility index (Phi) is 1.55. The van der Waals surface area contributed by atoms with Gasteiger partial charge in [0.25, 0.3) is 0 Å². The highest BCUT2D eigenvalue weighted by Gasteiger charge is 2.07. The van der Waals surface area contributed by atoms with E-state index in [0.29, 0.717) is 0 Å². The van der Waals surface area contributed by atoms with Crippen molar-refractivity contribution in [3.05, 3.63) is 29.8 Å². The molecule has 0 fully saturated rings. The summed E-state index contributed by atoms with van der Waals surface area (Å²) in [6.07, 6.45) is 1.17. The lowest BCUT2D eigenvalue weighted by Gasteiger charge is -2.12. The number of aryl methyl sites for hydroxylation is 1. The van der Waals surface area contributed by atoms with Crippen molar-refractivity contribution in [2.24, 2.45) is 0 Å². The Bertz CT molecular complexity index is 209. The summed E-state index contributed by atoms with van der Waals surface area (Å²) in [4.78, 5) is 0. The van der Waals surface area contributed by atoms with Crippen LogP contribution in [-0.4, -0.2) is 5.75 Å². The molecule has 1 aromatic rings. The first kappa shape index (κ1) is 6.10. The molecule has 0 spiro atoms. The fourth-order valence-corrected chi connectivity index (χ4v) is 1.80. The van der Waals surface area contributed by atoms with Crippen LogP contribution in [-0.2, 0) is 6.42 Å². The highest BCUT2D eigenvalue weighted by atomic mass is 32.2. The van der Waals surface area contributed by atoms with Crippen molar-refractivity contribution < 1.29 is 0 Å². The topological polar surface area (TPSA) is 14.1 Å². The zero-order chi connectivity index (χ0) is 6.81. The summed E-state index contributed by atoms with van der Waals surface area (Å²) in [6.45, 7) is 0.